The van der Waals surface area contributed by atoms with Crippen LogP contribution in [0.4, 0.5) is 0 Å². The Bertz CT molecular complexity index is 414. The van der Waals surface area contributed by atoms with E-state index in [1.165, 1.54) is 31.2 Å². The first-order valence-electron chi connectivity index (χ1n) is 7.31. The summed E-state index contributed by atoms with van der Waals surface area (Å²) in [6.45, 7) is 0.685. The van der Waals surface area contributed by atoms with Gasteiger partial charge in [-0.2, -0.15) is 5.48 Å². The van der Waals surface area contributed by atoms with Gasteiger partial charge in [0.25, 0.3) is 0 Å². The Labute approximate surface area is 109 Å². The van der Waals surface area contributed by atoms with Crippen molar-refractivity contribution >= 4 is 0 Å². The van der Waals surface area contributed by atoms with Crippen LogP contribution in [0.15, 0.2) is 30.3 Å². The second-order valence-corrected chi connectivity index (χ2v) is 6.41. The fourth-order valence-corrected chi connectivity index (χ4v) is 4.71. The fraction of sp³-hybridized carbons (Fsp3) is 0.625. The molecule has 4 bridgehead atoms. The Morgan fingerprint density at radius 3 is 2.67 bits per heavy atom. The van der Waals surface area contributed by atoms with Crippen molar-refractivity contribution in [3.8, 4) is 0 Å². The van der Waals surface area contributed by atoms with E-state index in [0.717, 1.165) is 23.7 Å². The summed E-state index contributed by atoms with van der Waals surface area (Å²) in [6.07, 6.45) is 5.85. The van der Waals surface area contributed by atoms with Crippen molar-refractivity contribution in [3.05, 3.63) is 35.9 Å². The van der Waals surface area contributed by atoms with Crippen LogP contribution in [-0.2, 0) is 11.4 Å². The predicted octanol–water partition coefficient (Wildman–Crippen LogP) is 3.14. The lowest BCUT2D eigenvalue weighted by atomic mass is 9.79. The number of rotatable bonds is 4. The van der Waals surface area contributed by atoms with Crippen LogP contribution < -0.4 is 5.48 Å². The average Bonchev–Trinajstić information content (AvgIpc) is 2.81. The van der Waals surface area contributed by atoms with E-state index in [2.05, 4.69) is 29.7 Å². The molecule has 1 N–H and O–H groups in total. The van der Waals surface area contributed by atoms with Crippen LogP contribution in [0.5, 0.6) is 0 Å². The van der Waals surface area contributed by atoms with Crippen LogP contribution in [0.3, 0.4) is 0 Å². The summed E-state index contributed by atoms with van der Waals surface area (Å²) in [5.74, 6) is 3.85. The third kappa shape index (κ3) is 1.79. The zero-order chi connectivity index (χ0) is 11.9. The predicted molar refractivity (Wildman–Crippen MR) is 70.6 cm³/mol. The molecule has 5 rings (SSSR count). The second-order valence-electron chi connectivity index (χ2n) is 6.41. The van der Waals surface area contributed by atoms with E-state index in [1.807, 2.05) is 6.07 Å². The molecular weight excluding hydrogens is 222 g/mol. The fourth-order valence-electron chi connectivity index (χ4n) is 4.71. The topological polar surface area (TPSA) is 21.3 Å². The minimum Gasteiger partial charge on any atom is -0.297 e. The quantitative estimate of drug-likeness (QED) is 0.820. The zero-order valence-corrected chi connectivity index (χ0v) is 10.7. The van der Waals surface area contributed by atoms with E-state index in [0.29, 0.717) is 12.6 Å². The summed E-state index contributed by atoms with van der Waals surface area (Å²) in [7, 11) is 0. The minimum absolute atomic E-state index is 0.637. The Morgan fingerprint density at radius 2 is 1.83 bits per heavy atom. The summed E-state index contributed by atoms with van der Waals surface area (Å²) >= 11 is 0. The maximum absolute atomic E-state index is 5.76. The third-order valence-electron chi connectivity index (χ3n) is 5.36. The van der Waals surface area contributed by atoms with Crippen LogP contribution in [-0.4, -0.2) is 6.04 Å². The smallest absolute Gasteiger partial charge is 0.0933 e. The highest BCUT2D eigenvalue weighted by Gasteiger charge is 2.53. The normalized spacial score (nSPS) is 40.6. The highest BCUT2D eigenvalue weighted by atomic mass is 16.6. The van der Waals surface area contributed by atoms with Crippen LogP contribution in [0.2, 0.25) is 0 Å². The van der Waals surface area contributed by atoms with E-state index in [9.17, 15) is 0 Å². The zero-order valence-electron chi connectivity index (χ0n) is 10.7. The van der Waals surface area contributed by atoms with Gasteiger partial charge in [0.2, 0.25) is 0 Å². The molecule has 96 valence electrons. The number of hydroxylamine groups is 1. The van der Waals surface area contributed by atoms with E-state index in [4.69, 9.17) is 4.84 Å². The van der Waals surface area contributed by atoms with Gasteiger partial charge < -0.3 is 0 Å². The molecule has 4 fully saturated rings. The first-order chi connectivity index (χ1) is 8.90. The first kappa shape index (κ1) is 11.0. The van der Waals surface area contributed by atoms with E-state index in [-0.39, 0.29) is 0 Å². The molecular formula is C16H21NO. The van der Waals surface area contributed by atoms with Crippen molar-refractivity contribution in [2.24, 2.45) is 23.7 Å². The van der Waals surface area contributed by atoms with Crippen LogP contribution >= 0.6 is 0 Å². The lowest BCUT2D eigenvalue weighted by molar-refractivity contribution is -0.0250. The molecule has 1 aromatic rings. The lowest BCUT2D eigenvalue weighted by Gasteiger charge is -2.32. The lowest BCUT2D eigenvalue weighted by Crippen LogP contribution is -2.40. The minimum atomic E-state index is 0.637. The number of benzene rings is 1. The average molecular weight is 243 g/mol. The van der Waals surface area contributed by atoms with Gasteiger partial charge in [-0.1, -0.05) is 30.3 Å². The maximum atomic E-state index is 5.76. The van der Waals surface area contributed by atoms with Crippen LogP contribution in [0.25, 0.3) is 0 Å². The van der Waals surface area contributed by atoms with Gasteiger partial charge in [0.05, 0.1) is 6.61 Å². The molecule has 2 nitrogen and oxygen atoms in total. The van der Waals surface area contributed by atoms with E-state index >= 15 is 0 Å². The van der Waals surface area contributed by atoms with Gasteiger partial charge >= 0.3 is 0 Å². The molecule has 18 heavy (non-hydrogen) atoms. The van der Waals surface area contributed by atoms with Crippen molar-refractivity contribution in [2.75, 3.05) is 0 Å². The molecule has 0 saturated heterocycles. The SMILES string of the molecule is c1ccc(CONC2C3CC4CC(C3)C2C4)cc1. The molecule has 0 spiro atoms. The summed E-state index contributed by atoms with van der Waals surface area (Å²) in [4.78, 5) is 5.76. The van der Waals surface area contributed by atoms with Gasteiger partial charge in [0, 0.05) is 6.04 Å². The van der Waals surface area contributed by atoms with E-state index in [1.54, 1.807) is 0 Å². The molecule has 0 aromatic heterocycles. The summed E-state index contributed by atoms with van der Waals surface area (Å²) in [6, 6.07) is 11.1. The van der Waals surface area contributed by atoms with Crippen LogP contribution in [0, 0.1) is 23.7 Å². The standard InChI is InChI=1S/C16H21NO/c1-2-4-11(5-3-1)10-18-17-16-14-7-12-6-13(9-14)15(16)8-12/h1-5,12-17H,6-10H2. The highest BCUT2D eigenvalue weighted by Crippen LogP contribution is 2.57. The summed E-state index contributed by atoms with van der Waals surface area (Å²) < 4.78 is 0. The Morgan fingerprint density at radius 1 is 1.00 bits per heavy atom. The van der Waals surface area contributed by atoms with Crippen molar-refractivity contribution < 1.29 is 4.84 Å². The number of nitrogens with one attached hydrogen (secondary N) is 1. The molecule has 4 aliphatic carbocycles. The molecule has 1 aromatic carbocycles. The monoisotopic (exact) mass is 243 g/mol. The Balaban J connectivity index is 1.34. The molecule has 0 radical (unpaired) electrons. The number of hydrogen-bond acceptors (Lipinski definition) is 2. The van der Waals surface area contributed by atoms with Gasteiger partial charge in [-0.3, -0.25) is 4.84 Å². The van der Waals surface area contributed by atoms with Gasteiger partial charge in [-0.25, -0.2) is 0 Å². The maximum Gasteiger partial charge on any atom is 0.0933 e. The Kier molecular flexibility index (Phi) is 2.66. The molecule has 4 aliphatic rings. The third-order valence-corrected chi connectivity index (χ3v) is 5.36. The molecule has 0 aliphatic heterocycles. The van der Waals surface area contributed by atoms with Gasteiger partial charge in [-0.05, 0) is 54.9 Å². The van der Waals surface area contributed by atoms with Gasteiger partial charge in [0.1, 0.15) is 0 Å². The Hall–Kier alpha value is -0.860. The largest absolute Gasteiger partial charge is 0.297 e. The summed E-state index contributed by atoms with van der Waals surface area (Å²) in [5.41, 5.74) is 4.64. The van der Waals surface area contributed by atoms with E-state index < -0.39 is 0 Å². The van der Waals surface area contributed by atoms with Crippen molar-refractivity contribution in [1.29, 1.82) is 0 Å². The molecule has 5 unspecified atom stereocenters. The molecule has 2 heteroatoms. The summed E-state index contributed by atoms with van der Waals surface area (Å²) in [5, 5.41) is 0. The van der Waals surface area contributed by atoms with Crippen molar-refractivity contribution in [1.82, 2.24) is 5.48 Å². The van der Waals surface area contributed by atoms with Gasteiger partial charge in [-0.15, -0.1) is 0 Å². The van der Waals surface area contributed by atoms with Crippen molar-refractivity contribution in [3.63, 3.8) is 0 Å². The highest BCUT2D eigenvalue weighted by molar-refractivity contribution is 5.13. The molecule has 5 atom stereocenters. The first-order valence-corrected chi connectivity index (χ1v) is 7.31. The molecule has 4 saturated carbocycles. The second kappa shape index (κ2) is 4.36. The number of hydrogen-bond donors (Lipinski definition) is 1. The molecule has 0 heterocycles. The van der Waals surface area contributed by atoms with Crippen molar-refractivity contribution in [2.45, 2.75) is 38.3 Å². The van der Waals surface area contributed by atoms with Gasteiger partial charge in [0.15, 0.2) is 0 Å². The van der Waals surface area contributed by atoms with Crippen LogP contribution in [0.1, 0.15) is 31.2 Å². The molecule has 0 amide bonds.